The third-order valence-corrected chi connectivity index (χ3v) is 4.09. The Morgan fingerprint density at radius 2 is 1.94 bits per heavy atom. The molecule has 1 aromatic carbocycles. The van der Waals surface area contributed by atoms with E-state index in [-0.39, 0.29) is 0 Å². The lowest BCUT2D eigenvalue weighted by Gasteiger charge is -2.09. The molecule has 0 spiro atoms. The highest BCUT2D eigenvalue weighted by atomic mass is 32.2. The van der Waals surface area contributed by atoms with Gasteiger partial charge in [0.1, 0.15) is 16.5 Å². The average Bonchev–Trinajstić information content (AvgIpc) is 2.15. The summed E-state index contributed by atoms with van der Waals surface area (Å²) in [7, 11) is -4.33. The summed E-state index contributed by atoms with van der Waals surface area (Å²) in [6.07, 6.45) is 0. The SMILES string of the molecule is CC(C(=O)O)S(=O)(=O)c1ccc(F)cc1F. The van der Waals surface area contributed by atoms with Crippen LogP contribution in [-0.4, -0.2) is 24.7 Å². The van der Waals surface area contributed by atoms with Crippen molar-refractivity contribution in [2.45, 2.75) is 17.1 Å². The zero-order valence-electron chi connectivity index (χ0n) is 8.15. The van der Waals surface area contributed by atoms with Gasteiger partial charge in [0.25, 0.3) is 0 Å². The molecular weight excluding hydrogens is 242 g/mol. The smallest absolute Gasteiger partial charge is 0.321 e. The van der Waals surface area contributed by atoms with Crippen LogP contribution in [0, 0.1) is 11.6 Å². The molecule has 0 fully saturated rings. The molecular formula is C9H8F2O4S. The van der Waals surface area contributed by atoms with Gasteiger partial charge in [0.15, 0.2) is 15.1 Å². The van der Waals surface area contributed by atoms with Gasteiger partial charge in [-0.25, -0.2) is 17.2 Å². The monoisotopic (exact) mass is 250 g/mol. The molecule has 1 rings (SSSR count). The predicted octanol–water partition coefficient (Wildman–Crippen LogP) is 1.21. The summed E-state index contributed by atoms with van der Waals surface area (Å²) in [4.78, 5) is 9.71. The minimum Gasteiger partial charge on any atom is -0.480 e. The van der Waals surface area contributed by atoms with E-state index in [0.29, 0.717) is 12.1 Å². The van der Waals surface area contributed by atoms with Gasteiger partial charge in [-0.05, 0) is 19.1 Å². The van der Waals surface area contributed by atoms with Crippen LogP contribution in [0.2, 0.25) is 0 Å². The quantitative estimate of drug-likeness (QED) is 0.818. The second-order valence-corrected chi connectivity index (χ2v) is 5.34. The minimum atomic E-state index is -4.33. The van der Waals surface area contributed by atoms with E-state index in [2.05, 4.69) is 0 Å². The van der Waals surface area contributed by atoms with E-state index < -0.39 is 37.6 Å². The van der Waals surface area contributed by atoms with Crippen LogP contribution < -0.4 is 0 Å². The molecule has 0 bridgehead atoms. The molecule has 0 amide bonds. The Morgan fingerprint density at radius 1 is 1.38 bits per heavy atom. The summed E-state index contributed by atoms with van der Waals surface area (Å²) in [5, 5.41) is 6.76. The number of hydrogen-bond acceptors (Lipinski definition) is 3. The molecule has 7 heteroatoms. The maximum Gasteiger partial charge on any atom is 0.321 e. The molecule has 1 atom stereocenters. The van der Waals surface area contributed by atoms with E-state index >= 15 is 0 Å². The van der Waals surface area contributed by atoms with Gasteiger partial charge in [-0.2, -0.15) is 0 Å². The summed E-state index contributed by atoms with van der Waals surface area (Å²) in [6, 6.07) is 1.85. The van der Waals surface area contributed by atoms with Gasteiger partial charge >= 0.3 is 5.97 Å². The highest BCUT2D eigenvalue weighted by Gasteiger charge is 2.31. The summed E-state index contributed by atoms with van der Waals surface area (Å²) in [6.45, 7) is 0.917. The number of sulfone groups is 1. The van der Waals surface area contributed by atoms with Gasteiger partial charge in [-0.3, -0.25) is 4.79 Å². The molecule has 0 heterocycles. The molecule has 0 radical (unpaired) electrons. The third kappa shape index (κ3) is 2.19. The first-order chi connectivity index (χ1) is 7.26. The van der Waals surface area contributed by atoms with Gasteiger partial charge < -0.3 is 5.11 Å². The van der Waals surface area contributed by atoms with Crippen LogP contribution in [0.5, 0.6) is 0 Å². The lowest BCUT2D eigenvalue weighted by molar-refractivity contribution is -0.136. The number of halogens is 2. The molecule has 16 heavy (non-hydrogen) atoms. The highest BCUT2D eigenvalue weighted by Crippen LogP contribution is 2.20. The molecule has 4 nitrogen and oxygen atoms in total. The largest absolute Gasteiger partial charge is 0.480 e. The van der Waals surface area contributed by atoms with Crippen LogP contribution in [0.15, 0.2) is 23.1 Å². The number of hydrogen-bond donors (Lipinski definition) is 1. The topological polar surface area (TPSA) is 71.4 Å². The third-order valence-electron chi connectivity index (χ3n) is 2.01. The Bertz CT molecular complexity index is 524. The van der Waals surface area contributed by atoms with Crippen LogP contribution in [0.25, 0.3) is 0 Å². The first-order valence-electron chi connectivity index (χ1n) is 4.18. The standard InChI is InChI=1S/C9H8F2O4S/c1-5(9(12)13)16(14,15)8-3-2-6(10)4-7(8)11/h2-5H,1H3,(H,12,13). The zero-order valence-corrected chi connectivity index (χ0v) is 8.96. The minimum absolute atomic E-state index is 0.390. The van der Waals surface area contributed by atoms with E-state index in [4.69, 9.17) is 5.11 Å². The molecule has 1 unspecified atom stereocenters. The zero-order chi connectivity index (χ0) is 12.5. The van der Waals surface area contributed by atoms with Crippen LogP contribution in [0.3, 0.4) is 0 Å². The Kier molecular flexibility index (Phi) is 3.27. The molecule has 0 saturated heterocycles. The normalized spacial score (nSPS) is 13.4. The number of aliphatic carboxylic acids is 1. The fourth-order valence-corrected chi connectivity index (χ4v) is 2.26. The molecule has 0 aliphatic heterocycles. The van der Waals surface area contributed by atoms with Crippen molar-refractivity contribution in [3.05, 3.63) is 29.8 Å². The number of rotatable bonds is 3. The second kappa shape index (κ2) is 4.17. The molecule has 0 aliphatic rings. The highest BCUT2D eigenvalue weighted by molar-refractivity contribution is 7.92. The number of carbonyl (C=O) groups is 1. The van der Waals surface area contributed by atoms with Crippen LogP contribution in [0.4, 0.5) is 8.78 Å². The van der Waals surface area contributed by atoms with Crippen LogP contribution >= 0.6 is 0 Å². The molecule has 0 saturated carbocycles. The van der Waals surface area contributed by atoms with Crippen molar-refractivity contribution in [1.82, 2.24) is 0 Å². The van der Waals surface area contributed by atoms with Crippen molar-refractivity contribution in [3.8, 4) is 0 Å². The van der Waals surface area contributed by atoms with E-state index in [0.717, 1.165) is 13.0 Å². The van der Waals surface area contributed by atoms with E-state index in [1.807, 2.05) is 0 Å². The Labute approximate surface area is 90.4 Å². The maximum atomic E-state index is 13.2. The van der Waals surface area contributed by atoms with Crippen molar-refractivity contribution in [2.75, 3.05) is 0 Å². The van der Waals surface area contributed by atoms with E-state index in [1.165, 1.54) is 0 Å². The van der Waals surface area contributed by atoms with Crippen LogP contribution in [0.1, 0.15) is 6.92 Å². The summed E-state index contributed by atoms with van der Waals surface area (Å²) >= 11 is 0. The predicted molar refractivity (Wildman–Crippen MR) is 50.6 cm³/mol. The molecule has 0 aliphatic carbocycles. The van der Waals surface area contributed by atoms with Crippen molar-refractivity contribution in [1.29, 1.82) is 0 Å². The van der Waals surface area contributed by atoms with Crippen molar-refractivity contribution < 1.29 is 27.1 Å². The Balaban J connectivity index is 3.33. The fourth-order valence-electron chi connectivity index (χ4n) is 1.03. The Hall–Kier alpha value is -1.50. The van der Waals surface area contributed by atoms with Crippen LogP contribution in [-0.2, 0) is 14.6 Å². The summed E-state index contributed by atoms with van der Waals surface area (Å²) in [5.74, 6) is -3.82. The maximum absolute atomic E-state index is 13.2. The molecule has 1 aromatic rings. The van der Waals surface area contributed by atoms with Gasteiger partial charge in [-0.1, -0.05) is 0 Å². The van der Waals surface area contributed by atoms with Crippen molar-refractivity contribution >= 4 is 15.8 Å². The molecule has 88 valence electrons. The van der Waals surface area contributed by atoms with E-state index in [1.54, 1.807) is 0 Å². The first kappa shape index (κ1) is 12.6. The second-order valence-electron chi connectivity index (χ2n) is 3.10. The molecule has 0 aromatic heterocycles. The Morgan fingerprint density at radius 3 is 2.38 bits per heavy atom. The first-order valence-corrected chi connectivity index (χ1v) is 5.73. The molecule has 1 N–H and O–H groups in total. The van der Waals surface area contributed by atoms with Gasteiger partial charge in [0.05, 0.1) is 0 Å². The van der Waals surface area contributed by atoms with Crippen molar-refractivity contribution in [3.63, 3.8) is 0 Å². The lowest BCUT2D eigenvalue weighted by atomic mass is 10.3. The number of benzene rings is 1. The van der Waals surface area contributed by atoms with Gasteiger partial charge in [0.2, 0.25) is 0 Å². The number of carboxylic acid groups (broad SMARTS) is 1. The van der Waals surface area contributed by atoms with Gasteiger partial charge in [0, 0.05) is 6.07 Å². The van der Waals surface area contributed by atoms with Gasteiger partial charge in [-0.15, -0.1) is 0 Å². The average molecular weight is 250 g/mol. The fraction of sp³-hybridized carbons (Fsp3) is 0.222. The van der Waals surface area contributed by atoms with Crippen molar-refractivity contribution in [2.24, 2.45) is 0 Å². The summed E-state index contributed by atoms with van der Waals surface area (Å²) < 4.78 is 48.8. The number of carboxylic acids is 1. The van der Waals surface area contributed by atoms with E-state index in [9.17, 15) is 22.0 Å². The lowest BCUT2D eigenvalue weighted by Crippen LogP contribution is -2.27. The summed E-state index contributed by atoms with van der Waals surface area (Å²) in [5.41, 5.74) is 0.